The van der Waals surface area contributed by atoms with Crippen LogP contribution in [-0.2, 0) is 4.79 Å². The molecule has 0 bridgehead atoms. The van der Waals surface area contributed by atoms with E-state index in [-0.39, 0.29) is 5.92 Å². The van der Waals surface area contributed by atoms with E-state index in [9.17, 15) is 4.79 Å². The lowest BCUT2D eigenvalue weighted by Gasteiger charge is -2.14. The zero-order valence-electron chi connectivity index (χ0n) is 9.00. The van der Waals surface area contributed by atoms with Gasteiger partial charge in [0.1, 0.15) is 5.78 Å². The average molecular weight is 220 g/mol. The third kappa shape index (κ3) is 6.44. The smallest absolute Gasteiger partial charge is 0.137 e. The van der Waals surface area contributed by atoms with E-state index < -0.39 is 0 Å². The van der Waals surface area contributed by atoms with E-state index in [0.717, 1.165) is 17.9 Å². The molecule has 0 spiro atoms. The molecule has 0 aromatic carbocycles. The topological polar surface area (TPSA) is 17.1 Å². The van der Waals surface area contributed by atoms with Gasteiger partial charge in [0.25, 0.3) is 0 Å². The molecule has 0 saturated carbocycles. The highest BCUT2D eigenvalue weighted by atomic mass is 32.2. The Morgan fingerprint density at radius 3 is 1.92 bits per heavy atom. The summed E-state index contributed by atoms with van der Waals surface area (Å²) in [5, 5.41) is 0. The lowest BCUT2D eigenvalue weighted by molar-refractivity contribution is -0.122. The average Bonchev–Trinajstić information content (AvgIpc) is 2.02. The second-order valence-electron chi connectivity index (χ2n) is 3.67. The molecule has 13 heavy (non-hydrogen) atoms. The number of Topliss-reactive ketones (excluding diaryl/α,β-unsaturated/α-hetero) is 1. The van der Waals surface area contributed by atoms with Crippen LogP contribution in [0.5, 0.6) is 0 Å². The molecular weight excluding hydrogens is 200 g/mol. The van der Waals surface area contributed by atoms with Gasteiger partial charge in [0, 0.05) is 23.8 Å². The summed E-state index contributed by atoms with van der Waals surface area (Å²) in [5.41, 5.74) is 0. The summed E-state index contributed by atoms with van der Waals surface area (Å²) in [6.45, 7) is 4.21. The highest BCUT2D eigenvalue weighted by molar-refractivity contribution is 7.99. The molecule has 1 nitrogen and oxygen atoms in total. The second kappa shape index (κ2) is 7.74. The fourth-order valence-electron chi connectivity index (χ4n) is 1.21. The Kier molecular flexibility index (Phi) is 7.96. The number of thioether (sulfide) groups is 2. The second-order valence-corrected chi connectivity index (χ2v) is 5.49. The molecule has 0 fully saturated rings. The van der Waals surface area contributed by atoms with Crippen molar-refractivity contribution in [1.82, 2.24) is 0 Å². The van der Waals surface area contributed by atoms with Gasteiger partial charge in [-0.05, 0) is 18.4 Å². The fraction of sp³-hybridized carbons (Fsp3) is 0.900. The minimum atomic E-state index is 0.271. The lowest BCUT2D eigenvalue weighted by Crippen LogP contribution is -2.21. The number of rotatable bonds is 7. The van der Waals surface area contributed by atoms with Gasteiger partial charge >= 0.3 is 0 Å². The maximum Gasteiger partial charge on any atom is 0.137 e. The van der Waals surface area contributed by atoms with Crippen molar-refractivity contribution < 1.29 is 4.79 Å². The molecular formula is C10H20OS2. The first-order valence-corrected chi connectivity index (χ1v) is 7.41. The maximum absolute atomic E-state index is 11.7. The summed E-state index contributed by atoms with van der Waals surface area (Å²) >= 11 is 3.54. The zero-order valence-corrected chi connectivity index (χ0v) is 10.6. The predicted molar refractivity (Wildman–Crippen MR) is 64.7 cm³/mol. The quantitative estimate of drug-likeness (QED) is 0.656. The number of carbonyl (C=O) groups is 1. The molecule has 78 valence electrons. The Labute approximate surface area is 90.4 Å². The minimum Gasteiger partial charge on any atom is -0.299 e. The van der Waals surface area contributed by atoms with Gasteiger partial charge < -0.3 is 0 Å². The van der Waals surface area contributed by atoms with Gasteiger partial charge in [-0.25, -0.2) is 0 Å². The van der Waals surface area contributed by atoms with Gasteiger partial charge in [-0.1, -0.05) is 13.8 Å². The number of ketones is 1. The first-order chi connectivity index (χ1) is 6.11. The summed E-state index contributed by atoms with van der Waals surface area (Å²) in [6.07, 6.45) is 4.87. The molecule has 0 radical (unpaired) electrons. The van der Waals surface area contributed by atoms with Crippen LogP contribution >= 0.6 is 23.5 Å². The largest absolute Gasteiger partial charge is 0.299 e. The predicted octanol–water partition coefficient (Wildman–Crippen LogP) is 2.94. The van der Waals surface area contributed by atoms with Crippen LogP contribution in [0, 0.1) is 11.8 Å². The van der Waals surface area contributed by atoms with Gasteiger partial charge in [-0.2, -0.15) is 23.5 Å². The molecule has 0 aliphatic rings. The first kappa shape index (κ1) is 13.4. The van der Waals surface area contributed by atoms with Crippen molar-refractivity contribution >= 4 is 29.3 Å². The van der Waals surface area contributed by atoms with Crippen molar-refractivity contribution in [3.8, 4) is 0 Å². The molecule has 0 unspecified atom stereocenters. The minimum absolute atomic E-state index is 0.271. The standard InChI is InChI=1S/C10H20OS2/c1-8(2)5-10(11)9(6-12-3)7-13-4/h8-9H,5-7H2,1-4H3. The van der Waals surface area contributed by atoms with Gasteiger partial charge in [0.2, 0.25) is 0 Å². The van der Waals surface area contributed by atoms with Crippen LogP contribution in [0.4, 0.5) is 0 Å². The summed E-state index contributed by atoms with van der Waals surface area (Å²) in [4.78, 5) is 11.7. The van der Waals surface area contributed by atoms with Crippen molar-refractivity contribution in [3.05, 3.63) is 0 Å². The summed E-state index contributed by atoms with van der Waals surface area (Å²) < 4.78 is 0. The van der Waals surface area contributed by atoms with Gasteiger partial charge in [0.05, 0.1) is 0 Å². The van der Waals surface area contributed by atoms with Crippen LogP contribution in [0.2, 0.25) is 0 Å². The normalized spacial score (nSPS) is 11.2. The van der Waals surface area contributed by atoms with Gasteiger partial charge in [-0.3, -0.25) is 4.79 Å². The van der Waals surface area contributed by atoms with Gasteiger partial charge in [0.15, 0.2) is 0 Å². The third-order valence-electron chi connectivity index (χ3n) is 1.80. The van der Waals surface area contributed by atoms with Crippen molar-refractivity contribution in [2.24, 2.45) is 11.8 Å². The van der Waals surface area contributed by atoms with Crippen molar-refractivity contribution in [2.75, 3.05) is 24.0 Å². The van der Waals surface area contributed by atoms with Crippen molar-refractivity contribution in [2.45, 2.75) is 20.3 Å². The van der Waals surface area contributed by atoms with E-state index in [4.69, 9.17) is 0 Å². The van der Waals surface area contributed by atoms with E-state index in [1.807, 2.05) is 0 Å². The summed E-state index contributed by atoms with van der Waals surface area (Å²) in [5.74, 6) is 3.17. The van der Waals surface area contributed by atoms with Crippen LogP contribution in [0.3, 0.4) is 0 Å². The molecule has 0 aromatic rings. The Bertz CT molecular complexity index is 140. The molecule has 0 heterocycles. The van der Waals surface area contributed by atoms with E-state index in [1.165, 1.54) is 0 Å². The van der Waals surface area contributed by atoms with Crippen LogP contribution in [0.25, 0.3) is 0 Å². The molecule has 0 saturated heterocycles. The van der Waals surface area contributed by atoms with Crippen molar-refractivity contribution in [3.63, 3.8) is 0 Å². The molecule has 0 N–H and O–H groups in total. The lowest BCUT2D eigenvalue weighted by atomic mass is 9.99. The van der Waals surface area contributed by atoms with Crippen LogP contribution in [-0.4, -0.2) is 29.8 Å². The van der Waals surface area contributed by atoms with E-state index in [0.29, 0.717) is 11.7 Å². The summed E-state index contributed by atoms with van der Waals surface area (Å²) in [6, 6.07) is 0. The number of carbonyl (C=O) groups excluding carboxylic acids is 1. The fourth-order valence-corrected chi connectivity index (χ4v) is 2.77. The Hall–Kier alpha value is 0.370. The zero-order chi connectivity index (χ0) is 10.3. The number of hydrogen-bond acceptors (Lipinski definition) is 3. The van der Waals surface area contributed by atoms with E-state index in [2.05, 4.69) is 26.4 Å². The third-order valence-corrected chi connectivity index (χ3v) is 3.27. The van der Waals surface area contributed by atoms with Crippen LogP contribution in [0.1, 0.15) is 20.3 Å². The Balaban J connectivity index is 3.95. The molecule has 0 aliphatic heterocycles. The first-order valence-electron chi connectivity index (χ1n) is 4.62. The maximum atomic E-state index is 11.7. The van der Waals surface area contributed by atoms with Gasteiger partial charge in [-0.15, -0.1) is 0 Å². The molecule has 0 atom stereocenters. The molecule has 0 amide bonds. The Morgan fingerprint density at radius 2 is 1.62 bits per heavy atom. The van der Waals surface area contributed by atoms with Crippen LogP contribution < -0.4 is 0 Å². The van der Waals surface area contributed by atoms with Crippen LogP contribution in [0.15, 0.2) is 0 Å². The summed E-state index contributed by atoms with van der Waals surface area (Å²) in [7, 11) is 0. The number of hydrogen-bond donors (Lipinski definition) is 0. The van der Waals surface area contributed by atoms with E-state index in [1.54, 1.807) is 23.5 Å². The van der Waals surface area contributed by atoms with Crippen molar-refractivity contribution in [1.29, 1.82) is 0 Å². The molecule has 3 heteroatoms. The molecule has 0 aliphatic carbocycles. The SMILES string of the molecule is CSCC(CSC)C(=O)CC(C)C. The van der Waals surface area contributed by atoms with E-state index >= 15 is 0 Å². The molecule has 0 rings (SSSR count). The Morgan fingerprint density at radius 1 is 1.15 bits per heavy atom. The highest BCUT2D eigenvalue weighted by Crippen LogP contribution is 2.16. The monoisotopic (exact) mass is 220 g/mol. The molecule has 0 aromatic heterocycles. The highest BCUT2D eigenvalue weighted by Gasteiger charge is 2.17.